The van der Waals surface area contributed by atoms with Crippen molar-refractivity contribution in [2.75, 3.05) is 13.1 Å². The molecule has 2 saturated heterocycles. The van der Waals surface area contributed by atoms with E-state index in [2.05, 4.69) is 27.8 Å². The first-order chi connectivity index (χ1) is 18.3. The lowest BCUT2D eigenvalue weighted by Gasteiger charge is -2.37. The summed E-state index contributed by atoms with van der Waals surface area (Å²) in [5, 5.41) is 10.9. The Morgan fingerprint density at radius 1 is 1.07 bits per heavy atom. The number of hydrogen-bond acceptors (Lipinski definition) is 6. The first kappa shape index (κ1) is 33.3. The molecule has 5 atom stereocenters. The molecule has 0 radical (unpaired) electrons. The highest BCUT2D eigenvalue weighted by atomic mass is 16.5. The Balaban J connectivity index is 2.38. The zero-order chi connectivity index (χ0) is 30.6. The van der Waals surface area contributed by atoms with E-state index in [1.807, 2.05) is 62.3 Å². The lowest BCUT2D eigenvalue weighted by Crippen LogP contribution is -2.61. The maximum absolute atomic E-state index is 14.1. The topological polar surface area (TPSA) is 146 Å². The number of ketones is 1. The largest absolute Gasteiger partial charge is 0.370 e. The van der Waals surface area contributed by atoms with E-state index < -0.39 is 64.2 Å². The summed E-state index contributed by atoms with van der Waals surface area (Å²) in [5.41, 5.74) is -1.67. The second kappa shape index (κ2) is 12.7. The molecule has 2 fully saturated rings. The standard InChI is InChI=1S/C29H49N5O6/c1-11-13-18(21(35)24(37)30-14-12-2)31-23(36)20-17-15-29(9,10)40-19(17)16-34(20)25(38)22(27(3,4)5)32-26(39)33-28(6,7)8/h12,17-20,22H,2,11,13-16H2,1,3-10H3,(H,30,37)(H,31,36)(H2,32,33,39)/t17?,18?,19?,20-,22?/m0/s1. The normalized spacial score (nSPS) is 23.4. The van der Waals surface area contributed by atoms with Gasteiger partial charge in [0.05, 0.1) is 17.7 Å². The molecule has 2 heterocycles. The molecule has 2 aliphatic rings. The number of ether oxygens (including phenoxy) is 1. The van der Waals surface area contributed by atoms with E-state index in [0.717, 1.165) is 0 Å². The summed E-state index contributed by atoms with van der Waals surface area (Å²) in [6, 6.07) is -3.39. The molecule has 0 bridgehead atoms. The fraction of sp³-hybridized carbons (Fsp3) is 0.759. The van der Waals surface area contributed by atoms with Crippen LogP contribution in [0.1, 0.15) is 81.6 Å². The number of hydrogen-bond donors (Lipinski definition) is 4. The Labute approximate surface area is 238 Å². The molecular weight excluding hydrogens is 514 g/mol. The molecule has 11 heteroatoms. The molecule has 4 unspecified atom stereocenters. The maximum Gasteiger partial charge on any atom is 0.315 e. The van der Waals surface area contributed by atoms with Gasteiger partial charge in [-0.3, -0.25) is 19.2 Å². The summed E-state index contributed by atoms with van der Waals surface area (Å²) in [4.78, 5) is 67.5. The van der Waals surface area contributed by atoms with Gasteiger partial charge in [0, 0.05) is 24.5 Å². The van der Waals surface area contributed by atoms with Crippen LogP contribution in [0.15, 0.2) is 12.7 Å². The lowest BCUT2D eigenvalue weighted by atomic mass is 9.85. The zero-order valence-electron chi connectivity index (χ0n) is 25.6. The van der Waals surface area contributed by atoms with Gasteiger partial charge in [0.2, 0.25) is 17.6 Å². The van der Waals surface area contributed by atoms with Gasteiger partial charge in [-0.05, 0) is 52.9 Å². The quantitative estimate of drug-likeness (QED) is 0.236. The van der Waals surface area contributed by atoms with E-state index >= 15 is 0 Å². The molecule has 4 N–H and O–H groups in total. The van der Waals surface area contributed by atoms with E-state index in [-0.39, 0.29) is 31.5 Å². The summed E-state index contributed by atoms with van der Waals surface area (Å²) < 4.78 is 6.21. The molecule has 0 aromatic carbocycles. The van der Waals surface area contributed by atoms with Crippen LogP contribution in [0.5, 0.6) is 0 Å². The number of nitrogens with zero attached hydrogens (tertiary/aromatic N) is 1. The van der Waals surface area contributed by atoms with Crippen LogP contribution < -0.4 is 21.3 Å². The second-order valence-corrected chi connectivity index (χ2v) is 13.6. The van der Waals surface area contributed by atoms with Gasteiger partial charge < -0.3 is 30.9 Å². The van der Waals surface area contributed by atoms with Crippen molar-refractivity contribution in [2.45, 2.75) is 117 Å². The molecule has 226 valence electrons. The number of fused-ring (bicyclic) bond motifs is 1. The van der Waals surface area contributed by atoms with Crippen LogP contribution in [0.4, 0.5) is 4.79 Å². The highest BCUT2D eigenvalue weighted by Crippen LogP contribution is 2.43. The third kappa shape index (κ3) is 8.52. The van der Waals surface area contributed by atoms with Gasteiger partial charge in [-0.2, -0.15) is 0 Å². The summed E-state index contributed by atoms with van der Waals surface area (Å²) in [6.45, 7) is 20.6. The van der Waals surface area contributed by atoms with E-state index in [0.29, 0.717) is 12.8 Å². The molecule has 0 spiro atoms. The summed E-state index contributed by atoms with van der Waals surface area (Å²) >= 11 is 0. The molecule has 11 nitrogen and oxygen atoms in total. The van der Waals surface area contributed by atoms with Crippen molar-refractivity contribution in [1.29, 1.82) is 0 Å². The minimum absolute atomic E-state index is 0.127. The Kier molecular flexibility index (Phi) is 10.6. The van der Waals surface area contributed by atoms with Crippen LogP contribution in [0.2, 0.25) is 0 Å². The lowest BCUT2D eigenvalue weighted by molar-refractivity contribution is -0.145. The smallest absolute Gasteiger partial charge is 0.315 e. The number of rotatable bonds is 10. The van der Waals surface area contributed by atoms with Gasteiger partial charge in [-0.1, -0.05) is 40.2 Å². The van der Waals surface area contributed by atoms with E-state index in [9.17, 15) is 24.0 Å². The van der Waals surface area contributed by atoms with Gasteiger partial charge in [0.15, 0.2) is 0 Å². The van der Waals surface area contributed by atoms with Crippen LogP contribution >= 0.6 is 0 Å². The van der Waals surface area contributed by atoms with Crippen LogP contribution in [0.25, 0.3) is 0 Å². The summed E-state index contributed by atoms with van der Waals surface area (Å²) in [6.07, 6.45) is 2.44. The molecule has 2 aliphatic heterocycles. The van der Waals surface area contributed by atoms with Crippen molar-refractivity contribution < 1.29 is 28.7 Å². The predicted octanol–water partition coefficient (Wildman–Crippen LogP) is 2.05. The Morgan fingerprint density at radius 2 is 1.70 bits per heavy atom. The Bertz CT molecular complexity index is 996. The third-order valence-electron chi connectivity index (χ3n) is 7.06. The molecule has 0 aromatic heterocycles. The molecule has 5 amide bonds. The third-order valence-corrected chi connectivity index (χ3v) is 7.06. The van der Waals surface area contributed by atoms with Crippen molar-refractivity contribution in [3.05, 3.63) is 12.7 Å². The number of Topliss-reactive ketones (excluding diaryl/α,β-unsaturated/α-hetero) is 1. The predicted molar refractivity (Wildman–Crippen MR) is 152 cm³/mol. The monoisotopic (exact) mass is 563 g/mol. The number of urea groups is 1. The van der Waals surface area contributed by atoms with Crippen molar-refractivity contribution in [3.63, 3.8) is 0 Å². The molecule has 2 rings (SSSR count). The number of amides is 5. The average molecular weight is 564 g/mol. The fourth-order valence-corrected chi connectivity index (χ4v) is 5.38. The molecule has 0 saturated carbocycles. The number of likely N-dealkylation sites (tertiary alicyclic amines) is 1. The van der Waals surface area contributed by atoms with Crippen LogP contribution in [0.3, 0.4) is 0 Å². The van der Waals surface area contributed by atoms with Crippen molar-refractivity contribution in [2.24, 2.45) is 11.3 Å². The van der Waals surface area contributed by atoms with Crippen LogP contribution in [-0.2, 0) is 23.9 Å². The van der Waals surface area contributed by atoms with Crippen LogP contribution in [0, 0.1) is 11.3 Å². The van der Waals surface area contributed by atoms with E-state index in [4.69, 9.17) is 4.74 Å². The van der Waals surface area contributed by atoms with Gasteiger partial charge in [0.25, 0.3) is 5.91 Å². The Hall–Kier alpha value is -2.95. The van der Waals surface area contributed by atoms with Gasteiger partial charge in [0.1, 0.15) is 12.1 Å². The number of nitrogens with one attached hydrogen (secondary N) is 4. The van der Waals surface area contributed by atoms with Crippen LogP contribution in [-0.4, -0.2) is 82.9 Å². The first-order valence-corrected chi connectivity index (χ1v) is 14.1. The second-order valence-electron chi connectivity index (χ2n) is 13.6. The van der Waals surface area contributed by atoms with E-state index in [1.165, 1.54) is 11.0 Å². The fourth-order valence-electron chi connectivity index (χ4n) is 5.38. The van der Waals surface area contributed by atoms with Crippen molar-refractivity contribution in [3.8, 4) is 0 Å². The van der Waals surface area contributed by atoms with Gasteiger partial charge in [-0.15, -0.1) is 6.58 Å². The SMILES string of the molecule is C=CCNC(=O)C(=O)C(CCC)NC(=O)[C@@H]1C2CC(C)(C)OC2CN1C(=O)C(NC(=O)NC(C)(C)C)C(C)(C)C. The molecular formula is C29H49N5O6. The number of carbonyl (C=O) groups is 5. The Morgan fingerprint density at radius 3 is 2.23 bits per heavy atom. The minimum atomic E-state index is -1.04. The average Bonchev–Trinajstić information content (AvgIpc) is 3.29. The number of carbonyl (C=O) groups excluding carboxylic acids is 5. The van der Waals surface area contributed by atoms with Gasteiger partial charge >= 0.3 is 6.03 Å². The molecule has 0 aromatic rings. The van der Waals surface area contributed by atoms with E-state index in [1.54, 1.807) is 0 Å². The molecule has 40 heavy (non-hydrogen) atoms. The van der Waals surface area contributed by atoms with Gasteiger partial charge in [-0.25, -0.2) is 4.79 Å². The summed E-state index contributed by atoms with van der Waals surface area (Å²) in [7, 11) is 0. The van der Waals surface area contributed by atoms with Crippen molar-refractivity contribution in [1.82, 2.24) is 26.2 Å². The zero-order valence-corrected chi connectivity index (χ0v) is 25.6. The minimum Gasteiger partial charge on any atom is -0.370 e. The maximum atomic E-state index is 14.1. The summed E-state index contributed by atoms with van der Waals surface area (Å²) in [5.74, 6) is -2.79. The highest BCUT2D eigenvalue weighted by molar-refractivity contribution is 6.38. The first-order valence-electron chi connectivity index (χ1n) is 14.1. The molecule has 0 aliphatic carbocycles. The highest BCUT2D eigenvalue weighted by Gasteiger charge is 2.56. The van der Waals surface area contributed by atoms with Crippen molar-refractivity contribution >= 4 is 29.5 Å².